The van der Waals surface area contributed by atoms with E-state index in [1.165, 1.54) is 0 Å². The molecule has 58 valence electrons. The number of carbonyl (C=O) groups excluding carboxylic acids is 2. The van der Waals surface area contributed by atoms with Crippen molar-refractivity contribution < 1.29 is 9.59 Å². The van der Waals surface area contributed by atoms with E-state index >= 15 is 0 Å². The lowest BCUT2D eigenvalue weighted by molar-refractivity contribution is -0.124. The predicted octanol–water partition coefficient (Wildman–Crippen LogP) is 0.477. The van der Waals surface area contributed by atoms with E-state index in [9.17, 15) is 9.59 Å². The normalized spacial score (nSPS) is 9.00. The first-order valence-electron chi connectivity index (χ1n) is 2.99. The number of Topliss-reactive ketones (excluding diaryl/α,β-unsaturated/α-hetero) is 1. The third-order valence-corrected chi connectivity index (χ3v) is 1.68. The van der Waals surface area contributed by atoms with Gasteiger partial charge in [0.15, 0.2) is 0 Å². The van der Waals surface area contributed by atoms with Crippen LogP contribution in [0.5, 0.6) is 0 Å². The van der Waals surface area contributed by atoms with Crippen LogP contribution in [0.15, 0.2) is 0 Å². The molecular weight excluding hydrogens is 198 g/mol. The fourth-order valence-electron chi connectivity index (χ4n) is 0.445. The van der Waals surface area contributed by atoms with Gasteiger partial charge < -0.3 is 5.32 Å². The molecule has 0 aromatic carbocycles. The molecule has 1 N–H and O–H groups in total. The van der Waals surface area contributed by atoms with Crippen molar-refractivity contribution in [2.45, 2.75) is 12.8 Å². The Hall–Kier alpha value is -0.380. The van der Waals surface area contributed by atoms with Gasteiger partial charge in [0.05, 0.1) is 5.33 Å². The van der Waals surface area contributed by atoms with Crippen molar-refractivity contribution in [2.75, 3.05) is 12.4 Å². The van der Waals surface area contributed by atoms with Crippen molar-refractivity contribution in [2.24, 2.45) is 0 Å². The quantitative estimate of drug-likeness (QED) is 0.683. The van der Waals surface area contributed by atoms with Crippen molar-refractivity contribution >= 4 is 27.6 Å². The van der Waals surface area contributed by atoms with Crippen LogP contribution in [0.2, 0.25) is 0 Å². The second-order valence-electron chi connectivity index (χ2n) is 1.85. The second kappa shape index (κ2) is 5.41. The molecule has 0 aliphatic rings. The van der Waals surface area contributed by atoms with Gasteiger partial charge in [0.25, 0.3) is 0 Å². The molecule has 0 rings (SSSR count). The first kappa shape index (κ1) is 9.62. The molecule has 0 aliphatic heterocycles. The van der Waals surface area contributed by atoms with Gasteiger partial charge in [0.1, 0.15) is 5.78 Å². The molecule has 0 aliphatic carbocycles. The first-order chi connectivity index (χ1) is 4.70. The number of carbonyl (C=O) groups is 2. The van der Waals surface area contributed by atoms with Crippen molar-refractivity contribution in [3.8, 4) is 0 Å². The Morgan fingerprint density at radius 1 is 1.40 bits per heavy atom. The van der Waals surface area contributed by atoms with Crippen LogP contribution >= 0.6 is 15.9 Å². The van der Waals surface area contributed by atoms with Gasteiger partial charge in [-0.3, -0.25) is 9.59 Å². The van der Waals surface area contributed by atoms with Gasteiger partial charge >= 0.3 is 0 Å². The number of amides is 1. The van der Waals surface area contributed by atoms with E-state index in [4.69, 9.17) is 0 Å². The highest BCUT2D eigenvalue weighted by molar-refractivity contribution is 9.09. The first-order valence-corrected chi connectivity index (χ1v) is 4.11. The molecular formula is C6H10BrNO2. The van der Waals surface area contributed by atoms with E-state index in [1.807, 2.05) is 0 Å². The van der Waals surface area contributed by atoms with Crippen molar-refractivity contribution in [3.05, 3.63) is 0 Å². The summed E-state index contributed by atoms with van der Waals surface area (Å²) in [5.41, 5.74) is 0. The fourth-order valence-corrected chi connectivity index (χ4v) is 0.725. The van der Waals surface area contributed by atoms with E-state index in [-0.39, 0.29) is 11.7 Å². The van der Waals surface area contributed by atoms with Gasteiger partial charge in [-0.25, -0.2) is 0 Å². The zero-order valence-electron chi connectivity index (χ0n) is 5.82. The lowest BCUT2D eigenvalue weighted by Gasteiger charge is -1.95. The maximum absolute atomic E-state index is 10.6. The summed E-state index contributed by atoms with van der Waals surface area (Å²) in [4.78, 5) is 21.2. The van der Waals surface area contributed by atoms with Crippen LogP contribution in [0.3, 0.4) is 0 Å². The highest BCUT2D eigenvalue weighted by Crippen LogP contribution is 1.93. The van der Waals surface area contributed by atoms with Crippen molar-refractivity contribution in [1.82, 2.24) is 5.32 Å². The number of hydrogen-bond donors (Lipinski definition) is 1. The molecule has 0 atom stereocenters. The summed E-state index contributed by atoms with van der Waals surface area (Å²) in [6, 6.07) is 0. The summed E-state index contributed by atoms with van der Waals surface area (Å²) in [7, 11) is 1.56. The molecule has 1 amide bonds. The zero-order valence-corrected chi connectivity index (χ0v) is 7.40. The van der Waals surface area contributed by atoms with E-state index in [1.54, 1.807) is 7.05 Å². The summed E-state index contributed by atoms with van der Waals surface area (Å²) < 4.78 is 0. The Labute approximate surface area is 68.3 Å². The molecule has 0 aromatic heterocycles. The topological polar surface area (TPSA) is 46.2 Å². The number of rotatable bonds is 4. The van der Waals surface area contributed by atoms with Gasteiger partial charge in [-0.1, -0.05) is 15.9 Å². The summed E-state index contributed by atoms with van der Waals surface area (Å²) >= 11 is 3.01. The average molecular weight is 208 g/mol. The Bertz CT molecular complexity index is 120. The van der Waals surface area contributed by atoms with Crippen molar-refractivity contribution in [1.29, 1.82) is 0 Å². The van der Waals surface area contributed by atoms with Crippen LogP contribution < -0.4 is 5.32 Å². The number of hydrogen-bond acceptors (Lipinski definition) is 2. The Kier molecular flexibility index (Phi) is 5.20. The highest BCUT2D eigenvalue weighted by atomic mass is 79.9. The SMILES string of the molecule is CNC(=O)CCC(=O)CBr. The molecule has 0 saturated heterocycles. The summed E-state index contributed by atoms with van der Waals surface area (Å²) in [6.07, 6.45) is 0.617. The minimum atomic E-state index is -0.0886. The molecule has 10 heavy (non-hydrogen) atoms. The van der Waals surface area contributed by atoms with Crippen LogP contribution in [0, 0.1) is 0 Å². The van der Waals surface area contributed by atoms with Crippen LogP contribution in [-0.4, -0.2) is 24.1 Å². The summed E-state index contributed by atoms with van der Waals surface area (Å²) in [5, 5.41) is 2.78. The molecule has 3 nitrogen and oxygen atoms in total. The van der Waals surface area contributed by atoms with Gasteiger partial charge in [0.2, 0.25) is 5.91 Å². The molecule has 0 fully saturated rings. The number of nitrogens with one attached hydrogen (secondary N) is 1. The number of halogens is 1. The predicted molar refractivity (Wildman–Crippen MR) is 42.1 cm³/mol. The van der Waals surface area contributed by atoms with Gasteiger partial charge in [-0.05, 0) is 0 Å². The molecule has 0 heterocycles. The standard InChI is InChI=1S/C6H10BrNO2/c1-8-6(10)3-2-5(9)4-7/h2-4H2,1H3,(H,8,10). The lowest BCUT2D eigenvalue weighted by Crippen LogP contribution is -2.18. The van der Waals surface area contributed by atoms with Crippen LogP contribution in [0.1, 0.15) is 12.8 Å². The summed E-state index contributed by atoms with van der Waals surface area (Å²) in [6.45, 7) is 0. The van der Waals surface area contributed by atoms with Crippen LogP contribution in [0.4, 0.5) is 0 Å². The molecule has 0 unspecified atom stereocenters. The molecule has 0 radical (unpaired) electrons. The van der Waals surface area contributed by atoms with E-state index in [0.29, 0.717) is 18.2 Å². The minimum absolute atomic E-state index is 0.0589. The molecule has 0 aromatic rings. The average Bonchev–Trinajstić information content (AvgIpc) is 1.99. The third kappa shape index (κ3) is 4.49. The third-order valence-electron chi connectivity index (χ3n) is 1.06. The van der Waals surface area contributed by atoms with Crippen LogP contribution in [-0.2, 0) is 9.59 Å². The minimum Gasteiger partial charge on any atom is -0.359 e. The Balaban J connectivity index is 3.35. The smallest absolute Gasteiger partial charge is 0.220 e. The monoisotopic (exact) mass is 207 g/mol. The van der Waals surface area contributed by atoms with E-state index in [0.717, 1.165) is 0 Å². The second-order valence-corrected chi connectivity index (χ2v) is 2.41. The Morgan fingerprint density at radius 3 is 2.40 bits per heavy atom. The lowest BCUT2D eigenvalue weighted by atomic mass is 10.2. The maximum Gasteiger partial charge on any atom is 0.220 e. The summed E-state index contributed by atoms with van der Waals surface area (Å²) in [5.74, 6) is -0.0297. The van der Waals surface area contributed by atoms with E-state index in [2.05, 4.69) is 21.2 Å². The van der Waals surface area contributed by atoms with Crippen molar-refractivity contribution in [3.63, 3.8) is 0 Å². The number of alkyl halides is 1. The molecule has 0 bridgehead atoms. The maximum atomic E-state index is 10.6. The highest BCUT2D eigenvalue weighted by Gasteiger charge is 2.02. The van der Waals surface area contributed by atoms with Gasteiger partial charge in [0, 0.05) is 19.9 Å². The van der Waals surface area contributed by atoms with Gasteiger partial charge in [-0.15, -0.1) is 0 Å². The molecule has 0 saturated carbocycles. The largest absolute Gasteiger partial charge is 0.359 e. The molecule has 4 heteroatoms. The number of ketones is 1. The molecule has 0 spiro atoms. The fraction of sp³-hybridized carbons (Fsp3) is 0.667. The zero-order chi connectivity index (χ0) is 7.98. The Morgan fingerprint density at radius 2 is 2.00 bits per heavy atom. The van der Waals surface area contributed by atoms with Crippen LogP contribution in [0.25, 0.3) is 0 Å². The van der Waals surface area contributed by atoms with Gasteiger partial charge in [-0.2, -0.15) is 0 Å². The van der Waals surface area contributed by atoms with E-state index < -0.39 is 0 Å².